The summed E-state index contributed by atoms with van der Waals surface area (Å²) in [6, 6.07) is 13.6. The molecule has 0 fully saturated rings. The number of nitrogens with zero attached hydrogens (tertiary/aromatic N) is 1. The lowest BCUT2D eigenvalue weighted by Gasteiger charge is -2.14. The fraction of sp³-hybridized carbons (Fsp3) is 0.235. The summed E-state index contributed by atoms with van der Waals surface area (Å²) < 4.78 is 0. The van der Waals surface area contributed by atoms with Gasteiger partial charge in [-0.15, -0.1) is 0 Å². The highest BCUT2D eigenvalue weighted by atomic mass is 16.2. The van der Waals surface area contributed by atoms with Crippen LogP contribution in [0.15, 0.2) is 42.5 Å². The second kappa shape index (κ2) is 6.31. The minimum atomic E-state index is -0.0339. The molecule has 0 aromatic heterocycles. The summed E-state index contributed by atoms with van der Waals surface area (Å²) in [7, 11) is 3.47. The van der Waals surface area contributed by atoms with Gasteiger partial charge in [0, 0.05) is 26.2 Å². The van der Waals surface area contributed by atoms with Gasteiger partial charge in [0.2, 0.25) is 0 Å². The van der Waals surface area contributed by atoms with Crippen molar-refractivity contribution in [1.82, 2.24) is 4.90 Å². The van der Waals surface area contributed by atoms with Crippen molar-refractivity contribution in [2.75, 3.05) is 25.1 Å². The Labute approximate surface area is 125 Å². The van der Waals surface area contributed by atoms with Crippen LogP contribution in [0.25, 0.3) is 0 Å². The standard InChI is InChI=1S/C17H21N3O/c1-12-4-6-13(7-5-12)11-19-16-10-14(8-9-15(16)18)17(21)20(2)3/h4-10,19H,11,18H2,1-3H3. The van der Waals surface area contributed by atoms with E-state index in [-0.39, 0.29) is 5.91 Å². The second-order valence-corrected chi connectivity index (χ2v) is 5.34. The molecular weight excluding hydrogens is 262 g/mol. The number of nitrogens with two attached hydrogens (primary N) is 1. The lowest BCUT2D eigenvalue weighted by atomic mass is 10.1. The molecule has 0 saturated carbocycles. The van der Waals surface area contributed by atoms with Gasteiger partial charge in [-0.25, -0.2) is 0 Å². The molecule has 21 heavy (non-hydrogen) atoms. The van der Waals surface area contributed by atoms with Gasteiger partial charge in [-0.2, -0.15) is 0 Å². The van der Waals surface area contributed by atoms with E-state index >= 15 is 0 Å². The SMILES string of the molecule is Cc1ccc(CNc2cc(C(=O)N(C)C)ccc2N)cc1. The molecule has 0 aliphatic heterocycles. The molecule has 3 N–H and O–H groups in total. The van der Waals surface area contributed by atoms with E-state index in [1.165, 1.54) is 11.1 Å². The molecule has 2 aromatic rings. The number of carbonyl (C=O) groups is 1. The smallest absolute Gasteiger partial charge is 0.253 e. The zero-order chi connectivity index (χ0) is 15.4. The van der Waals surface area contributed by atoms with Crippen LogP contribution in [-0.4, -0.2) is 24.9 Å². The Kier molecular flexibility index (Phi) is 4.48. The molecule has 0 aliphatic carbocycles. The van der Waals surface area contributed by atoms with E-state index in [0.29, 0.717) is 17.8 Å². The third-order valence-electron chi connectivity index (χ3n) is 3.31. The summed E-state index contributed by atoms with van der Waals surface area (Å²) in [4.78, 5) is 13.5. The highest BCUT2D eigenvalue weighted by molar-refractivity contribution is 5.95. The van der Waals surface area contributed by atoms with Crippen molar-refractivity contribution in [1.29, 1.82) is 0 Å². The average molecular weight is 283 g/mol. The number of amides is 1. The Bertz CT molecular complexity index is 633. The molecule has 0 radical (unpaired) electrons. The van der Waals surface area contributed by atoms with E-state index < -0.39 is 0 Å². The number of nitrogens with one attached hydrogen (secondary N) is 1. The summed E-state index contributed by atoms with van der Waals surface area (Å²) in [6.45, 7) is 2.73. The van der Waals surface area contributed by atoms with Gasteiger partial charge < -0.3 is 16.0 Å². The Morgan fingerprint density at radius 1 is 1.14 bits per heavy atom. The Morgan fingerprint density at radius 3 is 2.43 bits per heavy atom. The normalized spacial score (nSPS) is 10.2. The number of hydrogen-bond donors (Lipinski definition) is 2. The van der Waals surface area contributed by atoms with Gasteiger partial charge >= 0.3 is 0 Å². The van der Waals surface area contributed by atoms with Crippen molar-refractivity contribution in [2.24, 2.45) is 0 Å². The van der Waals surface area contributed by atoms with Gasteiger partial charge in [0.05, 0.1) is 11.4 Å². The van der Waals surface area contributed by atoms with Crippen molar-refractivity contribution in [3.63, 3.8) is 0 Å². The maximum atomic E-state index is 12.0. The summed E-state index contributed by atoms with van der Waals surface area (Å²) in [6.07, 6.45) is 0. The Hall–Kier alpha value is -2.49. The van der Waals surface area contributed by atoms with E-state index in [2.05, 4.69) is 36.5 Å². The lowest BCUT2D eigenvalue weighted by molar-refractivity contribution is 0.0827. The summed E-state index contributed by atoms with van der Waals surface area (Å²) in [5.74, 6) is -0.0339. The van der Waals surface area contributed by atoms with Crippen LogP contribution >= 0.6 is 0 Å². The molecule has 0 spiro atoms. The largest absolute Gasteiger partial charge is 0.397 e. The first-order valence-corrected chi connectivity index (χ1v) is 6.88. The second-order valence-electron chi connectivity index (χ2n) is 5.34. The molecule has 1 amide bonds. The quantitative estimate of drug-likeness (QED) is 0.848. The molecule has 0 unspecified atom stereocenters. The van der Waals surface area contributed by atoms with Crippen molar-refractivity contribution in [3.05, 3.63) is 59.2 Å². The molecule has 4 nitrogen and oxygen atoms in total. The minimum Gasteiger partial charge on any atom is -0.397 e. The zero-order valence-corrected chi connectivity index (χ0v) is 12.7. The van der Waals surface area contributed by atoms with Crippen molar-refractivity contribution >= 4 is 17.3 Å². The molecule has 0 saturated heterocycles. The van der Waals surface area contributed by atoms with E-state index in [9.17, 15) is 4.79 Å². The molecule has 0 aliphatic rings. The van der Waals surface area contributed by atoms with Crippen LogP contribution < -0.4 is 11.1 Å². The maximum Gasteiger partial charge on any atom is 0.253 e. The maximum absolute atomic E-state index is 12.0. The van der Waals surface area contributed by atoms with Gasteiger partial charge in [0.1, 0.15) is 0 Å². The van der Waals surface area contributed by atoms with Crippen LogP contribution in [0.2, 0.25) is 0 Å². The lowest BCUT2D eigenvalue weighted by Crippen LogP contribution is -2.21. The van der Waals surface area contributed by atoms with Crippen LogP contribution in [0.3, 0.4) is 0 Å². The highest BCUT2D eigenvalue weighted by Crippen LogP contribution is 2.21. The number of rotatable bonds is 4. The fourth-order valence-corrected chi connectivity index (χ4v) is 2.00. The molecule has 2 aromatic carbocycles. The Morgan fingerprint density at radius 2 is 1.81 bits per heavy atom. The van der Waals surface area contributed by atoms with Crippen LogP contribution in [0, 0.1) is 6.92 Å². The molecule has 0 atom stereocenters. The topological polar surface area (TPSA) is 58.4 Å². The van der Waals surface area contributed by atoms with Gasteiger partial charge in [-0.05, 0) is 30.7 Å². The minimum absolute atomic E-state index is 0.0339. The zero-order valence-electron chi connectivity index (χ0n) is 12.7. The predicted octanol–water partition coefficient (Wildman–Crippen LogP) is 2.89. The summed E-state index contributed by atoms with van der Waals surface area (Å²) in [5.41, 5.74) is 10.4. The Balaban J connectivity index is 2.14. The van der Waals surface area contributed by atoms with Gasteiger partial charge in [-0.3, -0.25) is 4.79 Å². The third-order valence-corrected chi connectivity index (χ3v) is 3.31. The van der Waals surface area contributed by atoms with Crippen LogP contribution in [0.5, 0.6) is 0 Å². The van der Waals surface area contributed by atoms with Gasteiger partial charge in [-0.1, -0.05) is 29.8 Å². The number of carbonyl (C=O) groups excluding carboxylic acids is 1. The van der Waals surface area contributed by atoms with E-state index in [1.54, 1.807) is 37.2 Å². The third kappa shape index (κ3) is 3.75. The fourth-order valence-electron chi connectivity index (χ4n) is 2.00. The summed E-state index contributed by atoms with van der Waals surface area (Å²) >= 11 is 0. The van der Waals surface area contributed by atoms with E-state index in [4.69, 9.17) is 5.73 Å². The van der Waals surface area contributed by atoms with E-state index in [1.807, 2.05) is 0 Å². The van der Waals surface area contributed by atoms with Gasteiger partial charge in [0.25, 0.3) is 5.91 Å². The predicted molar refractivity (Wildman–Crippen MR) is 87.4 cm³/mol. The first-order chi connectivity index (χ1) is 9.97. The van der Waals surface area contributed by atoms with E-state index in [0.717, 1.165) is 5.69 Å². The number of anilines is 2. The average Bonchev–Trinajstić information content (AvgIpc) is 2.47. The molecule has 2 rings (SSSR count). The molecular formula is C17H21N3O. The van der Waals surface area contributed by atoms with Crippen LogP contribution in [0.4, 0.5) is 11.4 Å². The number of hydrogen-bond acceptors (Lipinski definition) is 3. The van der Waals surface area contributed by atoms with Crippen LogP contribution in [-0.2, 0) is 6.54 Å². The van der Waals surface area contributed by atoms with Crippen molar-refractivity contribution in [3.8, 4) is 0 Å². The first kappa shape index (κ1) is 14.9. The highest BCUT2D eigenvalue weighted by Gasteiger charge is 2.10. The monoisotopic (exact) mass is 283 g/mol. The molecule has 0 bridgehead atoms. The number of aryl methyl sites for hydroxylation is 1. The molecule has 0 heterocycles. The molecule has 110 valence electrons. The number of nitrogen functional groups attached to an aromatic ring is 1. The molecule has 4 heteroatoms. The van der Waals surface area contributed by atoms with Gasteiger partial charge in [0.15, 0.2) is 0 Å². The van der Waals surface area contributed by atoms with Crippen molar-refractivity contribution in [2.45, 2.75) is 13.5 Å². The first-order valence-electron chi connectivity index (χ1n) is 6.88. The van der Waals surface area contributed by atoms with Crippen LogP contribution in [0.1, 0.15) is 21.5 Å². The van der Waals surface area contributed by atoms with Crippen molar-refractivity contribution < 1.29 is 4.79 Å². The number of benzene rings is 2. The summed E-state index contributed by atoms with van der Waals surface area (Å²) in [5, 5.41) is 3.29.